The van der Waals surface area contributed by atoms with Gasteiger partial charge < -0.3 is 10.2 Å². The van der Waals surface area contributed by atoms with Gasteiger partial charge in [-0.15, -0.1) is 0 Å². The first-order valence-corrected chi connectivity index (χ1v) is 7.14. The lowest BCUT2D eigenvalue weighted by Crippen LogP contribution is -2.04. The van der Waals surface area contributed by atoms with Gasteiger partial charge in [0.05, 0.1) is 9.79 Å². The summed E-state index contributed by atoms with van der Waals surface area (Å²) in [4.78, 5) is 0.0520. The minimum absolute atomic E-state index is 0.126. The van der Waals surface area contributed by atoms with Crippen molar-refractivity contribution in [3.05, 3.63) is 47.5 Å². The zero-order valence-corrected chi connectivity index (χ0v) is 11.4. The lowest BCUT2D eigenvalue weighted by Gasteiger charge is -2.09. The summed E-state index contributed by atoms with van der Waals surface area (Å²) in [5.41, 5.74) is 1.45. The van der Waals surface area contributed by atoms with E-state index in [1.54, 1.807) is 26.0 Å². The van der Waals surface area contributed by atoms with Gasteiger partial charge in [0, 0.05) is 6.07 Å². The van der Waals surface area contributed by atoms with Crippen LogP contribution in [0.4, 0.5) is 0 Å². The van der Waals surface area contributed by atoms with Crippen LogP contribution in [-0.2, 0) is 9.84 Å². The molecule has 100 valence electrons. The van der Waals surface area contributed by atoms with Crippen LogP contribution < -0.4 is 0 Å². The van der Waals surface area contributed by atoms with Crippen LogP contribution in [0.5, 0.6) is 11.5 Å². The van der Waals surface area contributed by atoms with E-state index in [2.05, 4.69) is 0 Å². The summed E-state index contributed by atoms with van der Waals surface area (Å²) in [7, 11) is -3.76. The van der Waals surface area contributed by atoms with Crippen molar-refractivity contribution in [1.82, 2.24) is 0 Å². The molecule has 0 amide bonds. The Morgan fingerprint density at radius 3 is 2.05 bits per heavy atom. The summed E-state index contributed by atoms with van der Waals surface area (Å²) in [6.45, 7) is 3.51. The topological polar surface area (TPSA) is 74.6 Å². The van der Waals surface area contributed by atoms with Crippen molar-refractivity contribution in [2.75, 3.05) is 0 Å². The lowest BCUT2D eigenvalue weighted by atomic mass is 10.2. The Labute approximate surface area is 111 Å². The third-order valence-corrected chi connectivity index (χ3v) is 4.69. The minimum Gasteiger partial charge on any atom is -0.508 e. The first kappa shape index (κ1) is 13.4. The van der Waals surface area contributed by atoms with E-state index in [0.29, 0.717) is 5.56 Å². The number of phenols is 2. The smallest absolute Gasteiger partial charge is 0.207 e. The number of sulfone groups is 1. The Balaban J connectivity index is 2.68. The maximum atomic E-state index is 12.5. The average Bonchev–Trinajstić information content (AvgIpc) is 2.31. The largest absolute Gasteiger partial charge is 0.508 e. The lowest BCUT2D eigenvalue weighted by molar-refractivity contribution is 0.447. The third-order valence-electron chi connectivity index (χ3n) is 2.82. The van der Waals surface area contributed by atoms with E-state index in [1.807, 2.05) is 6.07 Å². The zero-order chi connectivity index (χ0) is 14.2. The molecule has 0 aliphatic rings. The molecule has 0 heterocycles. The van der Waals surface area contributed by atoms with Crippen LogP contribution in [0, 0.1) is 13.8 Å². The summed E-state index contributed by atoms with van der Waals surface area (Å²) >= 11 is 0. The number of benzene rings is 2. The summed E-state index contributed by atoms with van der Waals surface area (Å²) in [6.07, 6.45) is 0. The van der Waals surface area contributed by atoms with Gasteiger partial charge in [-0.3, -0.25) is 0 Å². The van der Waals surface area contributed by atoms with Crippen molar-refractivity contribution in [1.29, 1.82) is 0 Å². The molecule has 0 aliphatic heterocycles. The monoisotopic (exact) mass is 278 g/mol. The van der Waals surface area contributed by atoms with Crippen molar-refractivity contribution in [2.24, 2.45) is 0 Å². The van der Waals surface area contributed by atoms with Crippen molar-refractivity contribution < 1.29 is 18.6 Å². The molecule has 2 rings (SSSR count). The Morgan fingerprint density at radius 2 is 1.47 bits per heavy atom. The Kier molecular flexibility index (Phi) is 3.24. The van der Waals surface area contributed by atoms with Crippen LogP contribution in [0.25, 0.3) is 0 Å². The molecular formula is C14H14O4S. The van der Waals surface area contributed by atoms with Crippen LogP contribution in [0.2, 0.25) is 0 Å². The summed E-state index contributed by atoms with van der Waals surface area (Å²) in [5.74, 6) is -0.576. The zero-order valence-electron chi connectivity index (χ0n) is 10.6. The van der Waals surface area contributed by atoms with Gasteiger partial charge in [-0.1, -0.05) is 12.1 Å². The second kappa shape index (κ2) is 4.59. The number of hydrogen-bond donors (Lipinski definition) is 2. The van der Waals surface area contributed by atoms with E-state index in [-0.39, 0.29) is 21.3 Å². The SMILES string of the molecule is Cc1ccc(C)c(S(=O)(=O)c2cc(O)cc(O)c2)c1. The molecule has 0 aliphatic carbocycles. The molecule has 0 bridgehead atoms. The van der Waals surface area contributed by atoms with E-state index in [9.17, 15) is 18.6 Å². The fourth-order valence-corrected chi connectivity index (χ4v) is 3.49. The molecule has 2 aromatic rings. The van der Waals surface area contributed by atoms with E-state index in [1.165, 1.54) is 0 Å². The fourth-order valence-electron chi connectivity index (χ4n) is 1.85. The summed E-state index contributed by atoms with van der Waals surface area (Å²) in [6, 6.07) is 8.46. The molecule has 0 radical (unpaired) electrons. The van der Waals surface area contributed by atoms with Gasteiger partial charge in [0.25, 0.3) is 0 Å². The van der Waals surface area contributed by atoms with Crippen molar-refractivity contribution >= 4 is 9.84 Å². The molecule has 0 aromatic heterocycles. The van der Waals surface area contributed by atoms with E-state index in [4.69, 9.17) is 0 Å². The van der Waals surface area contributed by atoms with E-state index in [0.717, 1.165) is 23.8 Å². The highest BCUT2D eigenvalue weighted by molar-refractivity contribution is 7.91. The maximum Gasteiger partial charge on any atom is 0.207 e. The molecule has 0 saturated carbocycles. The summed E-state index contributed by atoms with van der Waals surface area (Å²) < 4.78 is 25.0. The number of phenolic OH excluding ortho intramolecular Hbond substituents is 2. The highest BCUT2D eigenvalue weighted by Gasteiger charge is 2.21. The van der Waals surface area contributed by atoms with Gasteiger partial charge in [-0.05, 0) is 43.2 Å². The third kappa shape index (κ3) is 2.56. The number of rotatable bonds is 2. The molecule has 0 unspecified atom stereocenters. The molecule has 2 aromatic carbocycles. The highest BCUT2D eigenvalue weighted by atomic mass is 32.2. The van der Waals surface area contributed by atoms with Gasteiger partial charge in [-0.2, -0.15) is 0 Å². The standard InChI is InChI=1S/C14H14O4S/c1-9-3-4-10(2)14(5-9)19(17,18)13-7-11(15)6-12(16)8-13/h3-8,15-16H,1-2H3. The van der Waals surface area contributed by atoms with Crippen LogP contribution in [-0.4, -0.2) is 18.6 Å². The first-order chi connectivity index (χ1) is 8.80. The van der Waals surface area contributed by atoms with Crippen LogP contribution in [0.3, 0.4) is 0 Å². The fraction of sp³-hybridized carbons (Fsp3) is 0.143. The normalized spacial score (nSPS) is 11.5. The van der Waals surface area contributed by atoms with Crippen LogP contribution >= 0.6 is 0 Å². The molecule has 2 N–H and O–H groups in total. The first-order valence-electron chi connectivity index (χ1n) is 5.66. The second-order valence-electron chi connectivity index (χ2n) is 4.46. The quantitative estimate of drug-likeness (QED) is 0.885. The van der Waals surface area contributed by atoms with Crippen LogP contribution in [0.15, 0.2) is 46.2 Å². The Morgan fingerprint density at radius 1 is 0.895 bits per heavy atom. The molecule has 0 fully saturated rings. The molecule has 0 spiro atoms. The minimum atomic E-state index is -3.76. The average molecular weight is 278 g/mol. The number of aromatic hydroxyl groups is 2. The van der Waals surface area contributed by atoms with Gasteiger partial charge in [0.1, 0.15) is 11.5 Å². The second-order valence-corrected chi connectivity index (χ2v) is 6.38. The van der Waals surface area contributed by atoms with E-state index >= 15 is 0 Å². The van der Waals surface area contributed by atoms with Gasteiger partial charge in [0.2, 0.25) is 9.84 Å². The molecular weight excluding hydrogens is 264 g/mol. The van der Waals surface area contributed by atoms with Crippen molar-refractivity contribution in [3.63, 3.8) is 0 Å². The van der Waals surface area contributed by atoms with Crippen molar-refractivity contribution in [3.8, 4) is 11.5 Å². The van der Waals surface area contributed by atoms with Gasteiger partial charge >= 0.3 is 0 Å². The van der Waals surface area contributed by atoms with E-state index < -0.39 is 9.84 Å². The molecule has 0 atom stereocenters. The maximum absolute atomic E-state index is 12.5. The van der Waals surface area contributed by atoms with Gasteiger partial charge in [0.15, 0.2) is 0 Å². The molecule has 0 saturated heterocycles. The molecule has 19 heavy (non-hydrogen) atoms. The Bertz CT molecular complexity index is 713. The number of aryl methyl sites for hydroxylation is 2. The van der Waals surface area contributed by atoms with Crippen LogP contribution in [0.1, 0.15) is 11.1 Å². The number of hydrogen-bond acceptors (Lipinski definition) is 4. The predicted molar refractivity (Wildman–Crippen MR) is 71.1 cm³/mol. The molecule has 4 nitrogen and oxygen atoms in total. The predicted octanol–water partition coefficient (Wildman–Crippen LogP) is 2.55. The summed E-state index contributed by atoms with van der Waals surface area (Å²) in [5, 5.41) is 18.8. The highest BCUT2D eigenvalue weighted by Crippen LogP contribution is 2.30. The molecule has 5 heteroatoms. The van der Waals surface area contributed by atoms with Gasteiger partial charge in [-0.25, -0.2) is 8.42 Å². The van der Waals surface area contributed by atoms with Crippen molar-refractivity contribution in [2.45, 2.75) is 23.6 Å². The Hall–Kier alpha value is -2.01.